The van der Waals surface area contributed by atoms with Crippen LogP contribution in [0.2, 0.25) is 0 Å². The monoisotopic (exact) mass is 379 g/mol. The molecule has 1 aliphatic heterocycles. The van der Waals surface area contributed by atoms with Gasteiger partial charge in [0.2, 0.25) is 5.52 Å². The third kappa shape index (κ3) is 3.31. The first-order valence-electron chi connectivity index (χ1n) is 9.08. The number of hydrogen-bond acceptors (Lipinski definition) is 3. The predicted molar refractivity (Wildman–Crippen MR) is 115 cm³/mol. The van der Waals surface area contributed by atoms with Gasteiger partial charge in [0.1, 0.15) is 11.7 Å². The molecular weight excluding hydrogens is 356 g/mol. The van der Waals surface area contributed by atoms with E-state index in [9.17, 15) is 0 Å². The zero-order valence-corrected chi connectivity index (χ0v) is 16.8. The predicted octanol–water partition coefficient (Wildman–Crippen LogP) is 5.99. The second kappa shape index (κ2) is 7.68. The fraction of sp³-hybridized carbons (Fsp3) is 0.227. The van der Waals surface area contributed by atoms with Crippen LogP contribution >= 0.6 is 23.1 Å². The van der Waals surface area contributed by atoms with Gasteiger partial charge in [-0.1, -0.05) is 66.8 Å². The van der Waals surface area contributed by atoms with Gasteiger partial charge in [0.25, 0.3) is 5.01 Å². The summed E-state index contributed by atoms with van der Waals surface area (Å²) in [5, 5.41) is 2.59. The van der Waals surface area contributed by atoms with Gasteiger partial charge in [0.05, 0.1) is 10.7 Å². The van der Waals surface area contributed by atoms with Crippen molar-refractivity contribution in [3.8, 4) is 0 Å². The fourth-order valence-electron chi connectivity index (χ4n) is 3.20. The van der Waals surface area contributed by atoms with E-state index in [1.807, 2.05) is 23.1 Å². The van der Waals surface area contributed by atoms with Crippen molar-refractivity contribution in [1.82, 2.24) is 0 Å². The lowest BCUT2D eigenvalue weighted by Gasteiger charge is -2.19. The van der Waals surface area contributed by atoms with Crippen molar-refractivity contribution in [2.75, 3.05) is 11.4 Å². The highest BCUT2D eigenvalue weighted by atomic mass is 32.2. The lowest BCUT2D eigenvalue weighted by atomic mass is 10.2. The van der Waals surface area contributed by atoms with Crippen molar-refractivity contribution >= 4 is 45.1 Å². The smallest absolute Gasteiger partial charge is 0.262 e. The molecule has 0 saturated carbocycles. The number of allylic oxidation sites excluding steroid dienone is 2. The third-order valence-corrected chi connectivity index (χ3v) is 6.94. The van der Waals surface area contributed by atoms with Gasteiger partial charge in [-0.3, -0.25) is 0 Å². The summed E-state index contributed by atoms with van der Waals surface area (Å²) in [6, 6.07) is 17.3. The molecule has 3 aromatic rings. The van der Waals surface area contributed by atoms with E-state index in [2.05, 4.69) is 90.2 Å². The first-order chi connectivity index (χ1) is 12.8. The Kier molecular flexibility index (Phi) is 5.14. The van der Waals surface area contributed by atoms with E-state index in [4.69, 9.17) is 0 Å². The summed E-state index contributed by atoms with van der Waals surface area (Å²) in [5.74, 6) is 0. The van der Waals surface area contributed by atoms with E-state index >= 15 is 0 Å². The first-order valence-corrected chi connectivity index (χ1v) is 10.7. The van der Waals surface area contributed by atoms with E-state index < -0.39 is 0 Å². The Balaban J connectivity index is 1.60. The molecule has 132 valence electrons. The Morgan fingerprint density at radius 1 is 1.08 bits per heavy atom. The number of aryl methyl sites for hydroxylation is 1. The number of hydrogen-bond donors (Lipinski definition) is 0. The molecule has 0 N–H and O–H groups in total. The molecule has 26 heavy (non-hydrogen) atoms. The molecule has 1 aliphatic rings. The molecule has 0 unspecified atom stereocenters. The minimum absolute atomic E-state index is 1.08. The molecule has 0 amide bonds. The highest BCUT2D eigenvalue weighted by Crippen LogP contribution is 2.45. The van der Waals surface area contributed by atoms with Crippen LogP contribution in [0.15, 0.2) is 70.6 Å². The summed E-state index contributed by atoms with van der Waals surface area (Å²) in [5.41, 5.74) is 2.63. The number of benzene rings is 2. The lowest BCUT2D eigenvalue weighted by molar-refractivity contribution is -0.642. The second-order valence-corrected chi connectivity index (χ2v) is 8.53. The number of aromatic nitrogens is 1. The number of para-hydroxylation sites is 2. The average Bonchev–Trinajstić information content (AvgIpc) is 3.18. The first kappa shape index (κ1) is 17.4. The molecule has 0 saturated heterocycles. The van der Waals surface area contributed by atoms with Gasteiger partial charge >= 0.3 is 0 Å². The Morgan fingerprint density at radius 3 is 2.73 bits per heavy atom. The zero-order chi connectivity index (χ0) is 17.9. The van der Waals surface area contributed by atoms with Crippen molar-refractivity contribution in [1.29, 1.82) is 0 Å². The number of thiazole rings is 1. The van der Waals surface area contributed by atoms with Crippen molar-refractivity contribution in [2.45, 2.75) is 24.7 Å². The molecule has 2 nitrogen and oxygen atoms in total. The SMILES string of the molecule is CCCCN1/C(=C/C=C/c2sc3ccccc3[n+]2C)Sc2ccccc21. The zero-order valence-electron chi connectivity index (χ0n) is 15.2. The van der Waals surface area contributed by atoms with Gasteiger partial charge in [-0.05, 0) is 30.7 Å². The lowest BCUT2D eigenvalue weighted by Crippen LogP contribution is -2.28. The van der Waals surface area contributed by atoms with Gasteiger partial charge in [-0.15, -0.1) is 0 Å². The Hall–Kier alpha value is -2.04. The van der Waals surface area contributed by atoms with Crippen LogP contribution < -0.4 is 9.47 Å². The summed E-state index contributed by atoms with van der Waals surface area (Å²) >= 11 is 3.71. The number of anilines is 1. The largest absolute Gasteiger partial charge is 0.335 e. The van der Waals surface area contributed by atoms with Gasteiger partial charge in [-0.25, -0.2) is 0 Å². The standard InChI is InChI=1S/C22H23N2S2/c1-3-4-16-24-18-11-6-8-13-20(18)26-22(24)15-9-14-21-23(2)17-10-5-7-12-19(17)25-21/h5-15H,3-4,16H2,1-2H3/q+1. The highest BCUT2D eigenvalue weighted by Gasteiger charge is 2.23. The van der Waals surface area contributed by atoms with Crippen LogP contribution in [0.4, 0.5) is 5.69 Å². The second-order valence-electron chi connectivity index (χ2n) is 6.41. The molecule has 2 aromatic carbocycles. The molecular formula is C22H23N2S2+. The summed E-state index contributed by atoms with van der Waals surface area (Å²) < 4.78 is 3.59. The van der Waals surface area contributed by atoms with E-state index in [1.54, 1.807) is 0 Å². The van der Waals surface area contributed by atoms with Crippen molar-refractivity contribution < 1.29 is 4.57 Å². The minimum Gasteiger partial charge on any atom is -0.335 e. The topological polar surface area (TPSA) is 7.12 Å². The minimum atomic E-state index is 1.08. The van der Waals surface area contributed by atoms with Crippen molar-refractivity contribution in [3.05, 3.63) is 70.7 Å². The quantitative estimate of drug-likeness (QED) is 0.502. The van der Waals surface area contributed by atoms with Crippen LogP contribution in [-0.2, 0) is 7.05 Å². The molecule has 0 spiro atoms. The molecule has 0 atom stereocenters. The van der Waals surface area contributed by atoms with Crippen LogP contribution in [0.25, 0.3) is 16.3 Å². The van der Waals surface area contributed by atoms with E-state index in [1.165, 1.54) is 43.7 Å². The molecule has 4 rings (SSSR count). The average molecular weight is 380 g/mol. The summed E-state index contributed by atoms with van der Waals surface area (Å²) in [6.07, 6.45) is 9.09. The maximum atomic E-state index is 2.46. The van der Waals surface area contributed by atoms with Crippen LogP contribution in [0, 0.1) is 0 Å². The van der Waals surface area contributed by atoms with Gasteiger partial charge in [0.15, 0.2) is 0 Å². The van der Waals surface area contributed by atoms with Gasteiger partial charge in [0, 0.05) is 23.6 Å². The third-order valence-electron chi connectivity index (χ3n) is 4.62. The molecule has 0 radical (unpaired) electrons. The summed E-state index contributed by atoms with van der Waals surface area (Å²) in [6.45, 7) is 3.33. The van der Waals surface area contributed by atoms with E-state index in [-0.39, 0.29) is 0 Å². The maximum Gasteiger partial charge on any atom is 0.262 e. The molecule has 0 fully saturated rings. The van der Waals surface area contributed by atoms with Crippen LogP contribution in [-0.4, -0.2) is 6.54 Å². The van der Waals surface area contributed by atoms with Crippen molar-refractivity contribution in [3.63, 3.8) is 0 Å². The molecule has 0 aliphatic carbocycles. The number of thioether (sulfide) groups is 1. The highest BCUT2D eigenvalue weighted by molar-refractivity contribution is 8.03. The van der Waals surface area contributed by atoms with Crippen molar-refractivity contribution in [2.24, 2.45) is 7.05 Å². The fourth-order valence-corrected chi connectivity index (χ4v) is 5.37. The van der Waals surface area contributed by atoms with E-state index in [0.717, 1.165) is 6.54 Å². The number of fused-ring (bicyclic) bond motifs is 2. The van der Waals surface area contributed by atoms with E-state index in [0.29, 0.717) is 0 Å². The van der Waals surface area contributed by atoms with Gasteiger partial charge < -0.3 is 4.90 Å². The molecule has 0 bridgehead atoms. The number of nitrogens with zero attached hydrogens (tertiary/aromatic N) is 2. The van der Waals surface area contributed by atoms with Crippen LogP contribution in [0.5, 0.6) is 0 Å². The normalized spacial score (nSPS) is 15.5. The van der Waals surface area contributed by atoms with Crippen LogP contribution in [0.1, 0.15) is 24.8 Å². The van der Waals surface area contributed by atoms with Crippen LogP contribution in [0.3, 0.4) is 0 Å². The summed E-state index contributed by atoms with van der Waals surface area (Å²) in [7, 11) is 2.14. The maximum absolute atomic E-state index is 2.46. The number of unbranched alkanes of at least 4 members (excludes halogenated alkanes) is 1. The molecule has 1 aromatic heterocycles. The molecule has 2 heterocycles. The Morgan fingerprint density at radius 2 is 1.88 bits per heavy atom. The molecule has 4 heteroatoms. The Bertz CT molecular complexity index is 985. The summed E-state index contributed by atoms with van der Waals surface area (Å²) in [4.78, 5) is 3.81. The number of rotatable bonds is 5. The Labute approximate surface area is 163 Å². The van der Waals surface area contributed by atoms with Gasteiger partial charge in [-0.2, -0.15) is 4.57 Å².